The second-order valence-electron chi connectivity index (χ2n) is 9.00. The minimum Gasteiger partial charge on any atom is -0.354 e. The van der Waals surface area contributed by atoms with Crippen molar-refractivity contribution in [2.45, 2.75) is 31.9 Å². The number of carbonyl (C=O) groups excluding carboxylic acids is 3. The molecule has 0 atom stereocenters. The van der Waals surface area contributed by atoms with Gasteiger partial charge in [-0.1, -0.05) is 48.5 Å². The third-order valence-corrected chi connectivity index (χ3v) is 6.48. The molecule has 0 saturated heterocycles. The molecule has 0 unspecified atom stereocenters. The third-order valence-electron chi connectivity index (χ3n) is 6.48. The number of nitrogens with zero attached hydrogens (tertiary/aromatic N) is 2. The van der Waals surface area contributed by atoms with E-state index in [1.807, 2.05) is 18.2 Å². The first-order valence-corrected chi connectivity index (χ1v) is 12.1. The molecule has 1 aliphatic carbocycles. The van der Waals surface area contributed by atoms with Crippen molar-refractivity contribution < 1.29 is 27.6 Å². The standard InChI is InChI=1S/C27H27F3N4O3/c28-27(29,30)24-22(17-34(33-24)21-9-5-2-6-10-21)26(37)32-16-15-31-25(36)20-13-11-19(12-14-20)23(35)18-7-3-1-4-8-18/h1-10,17,19-20H,11-16H2,(H,31,36)(H,32,37). The maximum absolute atomic E-state index is 13.5. The Morgan fingerprint density at radius 2 is 1.41 bits per heavy atom. The number of hydrogen-bond donors (Lipinski definition) is 2. The Hall–Kier alpha value is -3.95. The Bertz CT molecular complexity index is 1230. The van der Waals surface area contributed by atoms with E-state index in [0.717, 1.165) is 10.9 Å². The lowest BCUT2D eigenvalue weighted by Gasteiger charge is -2.27. The van der Waals surface area contributed by atoms with Crippen LogP contribution in [0.2, 0.25) is 0 Å². The Morgan fingerprint density at radius 3 is 2.03 bits per heavy atom. The van der Waals surface area contributed by atoms with Crippen LogP contribution in [-0.2, 0) is 11.0 Å². The van der Waals surface area contributed by atoms with Crippen molar-refractivity contribution in [3.63, 3.8) is 0 Å². The van der Waals surface area contributed by atoms with E-state index in [9.17, 15) is 27.6 Å². The highest BCUT2D eigenvalue weighted by atomic mass is 19.4. The van der Waals surface area contributed by atoms with Crippen molar-refractivity contribution in [2.24, 2.45) is 11.8 Å². The Balaban J connectivity index is 1.26. The Labute approximate surface area is 212 Å². The fourth-order valence-electron chi connectivity index (χ4n) is 4.52. The van der Waals surface area contributed by atoms with Gasteiger partial charge in [-0.15, -0.1) is 0 Å². The zero-order valence-electron chi connectivity index (χ0n) is 20.0. The van der Waals surface area contributed by atoms with E-state index >= 15 is 0 Å². The topological polar surface area (TPSA) is 93.1 Å². The predicted molar refractivity (Wildman–Crippen MR) is 130 cm³/mol. The number of alkyl halides is 3. The average Bonchev–Trinajstić information content (AvgIpc) is 3.38. The lowest BCUT2D eigenvalue weighted by atomic mass is 9.78. The third kappa shape index (κ3) is 6.44. The van der Waals surface area contributed by atoms with Crippen LogP contribution in [0.5, 0.6) is 0 Å². The molecular weight excluding hydrogens is 485 g/mol. The van der Waals surface area contributed by atoms with E-state index < -0.39 is 23.3 Å². The van der Waals surface area contributed by atoms with Gasteiger partial charge in [-0.3, -0.25) is 14.4 Å². The smallest absolute Gasteiger partial charge is 0.354 e. The van der Waals surface area contributed by atoms with Crippen LogP contribution in [0, 0.1) is 11.8 Å². The van der Waals surface area contributed by atoms with Gasteiger partial charge in [0.15, 0.2) is 11.5 Å². The van der Waals surface area contributed by atoms with Gasteiger partial charge in [-0.25, -0.2) is 4.68 Å². The van der Waals surface area contributed by atoms with Crippen LogP contribution in [0.25, 0.3) is 5.69 Å². The van der Waals surface area contributed by atoms with Gasteiger partial charge < -0.3 is 10.6 Å². The van der Waals surface area contributed by atoms with Crippen LogP contribution in [0.4, 0.5) is 13.2 Å². The summed E-state index contributed by atoms with van der Waals surface area (Å²) in [5.41, 5.74) is -0.808. The normalized spacial score (nSPS) is 17.7. The summed E-state index contributed by atoms with van der Waals surface area (Å²) in [5, 5.41) is 8.72. The summed E-state index contributed by atoms with van der Waals surface area (Å²) in [4.78, 5) is 37.7. The number of ketones is 1. The van der Waals surface area contributed by atoms with Gasteiger partial charge in [0.25, 0.3) is 5.91 Å². The first kappa shape index (κ1) is 26.1. The van der Waals surface area contributed by atoms with Gasteiger partial charge in [-0.2, -0.15) is 18.3 Å². The highest BCUT2D eigenvalue weighted by Crippen LogP contribution is 2.32. The van der Waals surface area contributed by atoms with Crippen LogP contribution in [0.3, 0.4) is 0 Å². The van der Waals surface area contributed by atoms with E-state index in [1.165, 1.54) is 0 Å². The summed E-state index contributed by atoms with van der Waals surface area (Å²) in [7, 11) is 0. The summed E-state index contributed by atoms with van der Waals surface area (Å²) in [6.45, 7) is 0.0296. The molecular formula is C27H27F3N4O3. The summed E-state index contributed by atoms with van der Waals surface area (Å²) in [6, 6.07) is 17.3. The first-order valence-electron chi connectivity index (χ1n) is 12.1. The van der Waals surface area contributed by atoms with E-state index in [2.05, 4.69) is 15.7 Å². The second kappa shape index (κ2) is 11.4. The highest BCUT2D eigenvalue weighted by Gasteiger charge is 2.39. The van der Waals surface area contributed by atoms with Crippen LogP contribution in [0.1, 0.15) is 52.1 Å². The fourth-order valence-corrected chi connectivity index (χ4v) is 4.52. The van der Waals surface area contributed by atoms with Gasteiger partial charge in [0, 0.05) is 36.7 Å². The molecule has 0 spiro atoms. The zero-order chi connectivity index (χ0) is 26.4. The molecule has 1 heterocycles. The first-order chi connectivity index (χ1) is 17.7. The molecule has 7 nitrogen and oxygen atoms in total. The number of amides is 2. The lowest BCUT2D eigenvalue weighted by molar-refractivity contribution is -0.141. The molecule has 1 aromatic heterocycles. The number of Topliss-reactive ketones (excluding diaryl/α,β-unsaturated/α-hetero) is 1. The minimum absolute atomic E-state index is 0.0414. The van der Waals surface area contributed by atoms with Gasteiger partial charge in [0.1, 0.15) is 0 Å². The fraction of sp³-hybridized carbons (Fsp3) is 0.333. The van der Waals surface area contributed by atoms with Crippen molar-refractivity contribution >= 4 is 17.6 Å². The molecule has 1 saturated carbocycles. The summed E-state index contributed by atoms with van der Waals surface area (Å²) >= 11 is 0. The number of nitrogens with one attached hydrogen (secondary N) is 2. The molecule has 2 aromatic carbocycles. The number of halogens is 3. The van der Waals surface area contributed by atoms with E-state index in [1.54, 1.807) is 42.5 Å². The zero-order valence-corrected chi connectivity index (χ0v) is 20.0. The van der Waals surface area contributed by atoms with Crippen molar-refractivity contribution in [3.05, 3.63) is 83.7 Å². The van der Waals surface area contributed by atoms with Crippen LogP contribution in [0.15, 0.2) is 66.9 Å². The monoisotopic (exact) mass is 512 g/mol. The van der Waals surface area contributed by atoms with E-state index in [0.29, 0.717) is 36.9 Å². The van der Waals surface area contributed by atoms with Gasteiger partial charge in [0.05, 0.1) is 11.3 Å². The highest BCUT2D eigenvalue weighted by molar-refractivity contribution is 5.98. The lowest BCUT2D eigenvalue weighted by Crippen LogP contribution is -2.39. The average molecular weight is 513 g/mol. The van der Waals surface area contributed by atoms with Crippen LogP contribution < -0.4 is 10.6 Å². The van der Waals surface area contributed by atoms with Crippen molar-refractivity contribution in [1.29, 1.82) is 0 Å². The van der Waals surface area contributed by atoms with E-state index in [4.69, 9.17) is 0 Å². The molecule has 0 aliphatic heterocycles. The number of aromatic nitrogens is 2. The number of para-hydroxylation sites is 1. The van der Waals surface area contributed by atoms with Crippen molar-refractivity contribution in [2.75, 3.05) is 13.1 Å². The molecule has 0 bridgehead atoms. The molecule has 4 rings (SSSR count). The number of benzene rings is 2. The summed E-state index contributed by atoms with van der Waals surface area (Å²) < 4.78 is 41.4. The largest absolute Gasteiger partial charge is 0.435 e. The summed E-state index contributed by atoms with van der Waals surface area (Å²) in [5.74, 6) is -1.37. The summed E-state index contributed by atoms with van der Waals surface area (Å²) in [6.07, 6.45) is -1.37. The molecule has 0 radical (unpaired) electrons. The quantitative estimate of drug-likeness (QED) is 0.345. The Kier molecular flexibility index (Phi) is 8.05. The molecule has 1 aliphatic rings. The van der Waals surface area contributed by atoms with Gasteiger partial charge >= 0.3 is 6.18 Å². The second-order valence-corrected chi connectivity index (χ2v) is 9.00. The minimum atomic E-state index is -4.80. The van der Waals surface area contributed by atoms with E-state index in [-0.39, 0.29) is 36.6 Å². The molecule has 2 N–H and O–H groups in total. The van der Waals surface area contributed by atoms with Crippen molar-refractivity contribution in [1.82, 2.24) is 20.4 Å². The molecule has 194 valence electrons. The van der Waals surface area contributed by atoms with Crippen molar-refractivity contribution in [3.8, 4) is 5.69 Å². The SMILES string of the molecule is O=C(NCCNC(=O)C1CCC(C(=O)c2ccccc2)CC1)c1cn(-c2ccccc2)nc1C(F)(F)F. The van der Waals surface area contributed by atoms with Gasteiger partial charge in [-0.05, 0) is 37.8 Å². The maximum Gasteiger partial charge on any atom is 0.435 e. The number of hydrogen-bond acceptors (Lipinski definition) is 4. The predicted octanol–water partition coefficient (Wildman–Crippen LogP) is 4.43. The molecule has 37 heavy (non-hydrogen) atoms. The number of carbonyl (C=O) groups is 3. The van der Waals surface area contributed by atoms with Crippen LogP contribution >= 0.6 is 0 Å². The Morgan fingerprint density at radius 1 is 0.838 bits per heavy atom. The molecule has 10 heteroatoms. The van der Waals surface area contributed by atoms with Crippen LogP contribution in [-0.4, -0.2) is 40.5 Å². The maximum atomic E-state index is 13.5. The van der Waals surface area contributed by atoms with Gasteiger partial charge in [0.2, 0.25) is 5.91 Å². The molecule has 1 fully saturated rings. The molecule has 2 amide bonds. The molecule has 3 aromatic rings. The number of rotatable bonds is 8.